The summed E-state index contributed by atoms with van der Waals surface area (Å²) in [6, 6.07) is 7.19. The van der Waals surface area contributed by atoms with Crippen LogP contribution in [-0.2, 0) is 9.53 Å². The topological polar surface area (TPSA) is 57.7 Å². The highest BCUT2D eigenvalue weighted by molar-refractivity contribution is 5.66. The first-order valence-electron chi connectivity index (χ1n) is 5.51. The first kappa shape index (κ1) is 16.2. The zero-order valence-electron chi connectivity index (χ0n) is 10.5. The highest BCUT2D eigenvalue weighted by Gasteiger charge is 2.08. The molecule has 0 unspecified atom stereocenters. The number of ether oxygens (including phenoxy) is 1. The number of nitrogens with zero attached hydrogens (tertiary/aromatic N) is 3. The number of carbonyl (C=O) groups excluding carboxylic acids is 1. The van der Waals surface area contributed by atoms with Crippen LogP contribution in [-0.4, -0.2) is 25.7 Å². The van der Waals surface area contributed by atoms with Gasteiger partial charge in [0.05, 0.1) is 6.54 Å². The van der Waals surface area contributed by atoms with Crippen LogP contribution in [0.2, 0.25) is 0 Å². The fraction of sp³-hybridized carbons (Fsp3) is 0.417. The number of hydrogen-bond acceptors (Lipinski definition) is 4. The third kappa shape index (κ3) is 5.02. The van der Waals surface area contributed by atoms with Gasteiger partial charge in [0.1, 0.15) is 6.61 Å². The minimum atomic E-state index is -0.268. The van der Waals surface area contributed by atoms with Gasteiger partial charge in [-0.25, -0.2) is 0 Å². The molecule has 5 nitrogen and oxygen atoms in total. The molecule has 98 valence electrons. The molecule has 0 aliphatic heterocycles. The molecule has 1 aromatic carbocycles. The molecule has 0 radical (unpaired) electrons. The van der Waals surface area contributed by atoms with Gasteiger partial charge in [-0.05, 0) is 19.1 Å². The second-order valence-electron chi connectivity index (χ2n) is 3.54. The van der Waals surface area contributed by atoms with Gasteiger partial charge in [-0.3, -0.25) is 4.79 Å². The van der Waals surface area contributed by atoms with E-state index in [1.807, 2.05) is 19.1 Å². The Balaban J connectivity index is 0.00000289. The van der Waals surface area contributed by atoms with E-state index < -0.39 is 0 Å². The van der Waals surface area contributed by atoms with Crippen LogP contribution >= 0.6 is 0 Å². The van der Waals surface area contributed by atoms with E-state index in [-0.39, 0.29) is 18.4 Å². The lowest BCUT2D eigenvalue weighted by Gasteiger charge is -2.22. The van der Waals surface area contributed by atoms with Gasteiger partial charge in [-0.2, -0.15) is 0 Å². The van der Waals surface area contributed by atoms with Crippen molar-refractivity contribution >= 4 is 17.3 Å². The fourth-order valence-corrected chi connectivity index (χ4v) is 1.50. The van der Waals surface area contributed by atoms with Gasteiger partial charge in [0.15, 0.2) is 4.98 Å². The summed E-state index contributed by atoms with van der Waals surface area (Å²) in [5, 5.41) is 8.58. The van der Waals surface area contributed by atoms with Gasteiger partial charge in [-0.1, -0.05) is 0 Å². The van der Waals surface area contributed by atoms with Gasteiger partial charge in [0.25, 0.3) is 0 Å². The number of halogens is 1. The number of carbonyl (C=O) groups is 1. The maximum atomic E-state index is 10.7. The Labute approximate surface area is 113 Å². The minimum absolute atomic E-state index is 0. The van der Waals surface area contributed by atoms with Crippen molar-refractivity contribution < 1.29 is 21.9 Å². The second kappa shape index (κ2) is 8.31. The van der Waals surface area contributed by atoms with Crippen molar-refractivity contribution in [2.75, 3.05) is 24.6 Å². The number of diazo groups is 1. The monoisotopic (exact) mass is 269 g/mol. The first-order chi connectivity index (χ1) is 8.17. The molecule has 0 aliphatic rings. The van der Waals surface area contributed by atoms with Crippen LogP contribution in [0.15, 0.2) is 24.3 Å². The van der Waals surface area contributed by atoms with Gasteiger partial charge in [0.2, 0.25) is 5.39 Å². The number of anilines is 1. The molecule has 1 rings (SSSR count). The van der Waals surface area contributed by atoms with Crippen molar-refractivity contribution in [3.05, 3.63) is 29.2 Å². The van der Waals surface area contributed by atoms with Crippen LogP contribution < -0.4 is 17.3 Å². The molecule has 0 saturated heterocycles. The molecule has 0 bridgehead atoms. The molecular formula is C12H16ClN3O2. The van der Waals surface area contributed by atoms with E-state index in [0.29, 0.717) is 18.8 Å². The smallest absolute Gasteiger partial charge is 0.385 e. The summed E-state index contributed by atoms with van der Waals surface area (Å²) < 4.78 is 4.90. The van der Waals surface area contributed by atoms with E-state index in [4.69, 9.17) is 10.1 Å². The molecule has 0 aliphatic carbocycles. The summed E-state index contributed by atoms with van der Waals surface area (Å²) >= 11 is 0. The van der Waals surface area contributed by atoms with Crippen molar-refractivity contribution in [2.24, 2.45) is 0 Å². The van der Waals surface area contributed by atoms with Crippen LogP contribution in [0, 0.1) is 5.39 Å². The van der Waals surface area contributed by atoms with Crippen LogP contribution in [0.1, 0.15) is 13.8 Å². The molecule has 0 spiro atoms. The summed E-state index contributed by atoms with van der Waals surface area (Å²) in [5.74, 6) is -0.268. The van der Waals surface area contributed by atoms with Crippen molar-refractivity contribution in [2.45, 2.75) is 13.8 Å². The Morgan fingerprint density at radius 2 is 2.00 bits per heavy atom. The Bertz CT molecular complexity index is 414. The molecule has 0 amide bonds. The lowest BCUT2D eigenvalue weighted by molar-refractivity contribution is -0.140. The average Bonchev–Trinajstić information content (AvgIpc) is 2.34. The van der Waals surface area contributed by atoms with Crippen LogP contribution in [0.5, 0.6) is 0 Å². The van der Waals surface area contributed by atoms with Crippen molar-refractivity contribution in [1.82, 2.24) is 0 Å². The van der Waals surface area contributed by atoms with E-state index in [1.165, 1.54) is 6.92 Å². The highest BCUT2D eigenvalue weighted by atomic mass is 35.5. The van der Waals surface area contributed by atoms with Gasteiger partial charge in [0, 0.05) is 31.3 Å². The summed E-state index contributed by atoms with van der Waals surface area (Å²) in [4.78, 5) is 15.8. The number of rotatable bonds is 5. The Morgan fingerprint density at radius 3 is 2.44 bits per heavy atom. The number of benzene rings is 1. The van der Waals surface area contributed by atoms with E-state index >= 15 is 0 Å². The van der Waals surface area contributed by atoms with Crippen LogP contribution in [0.4, 0.5) is 11.4 Å². The van der Waals surface area contributed by atoms with E-state index in [2.05, 4.69) is 9.88 Å². The predicted octanol–water partition coefficient (Wildman–Crippen LogP) is -0.435. The molecule has 0 heterocycles. The van der Waals surface area contributed by atoms with E-state index in [1.54, 1.807) is 12.1 Å². The summed E-state index contributed by atoms with van der Waals surface area (Å²) in [6.45, 7) is 5.25. The standard InChI is InChI=1S/C12H16N3O2.ClH/c1-3-15(8-9-17-10(2)16)12-6-4-11(14-13)5-7-12;/h4-7H,3,8-9H2,1-2H3;1H/q+1;/p-1. The Kier molecular flexibility index (Phi) is 7.48. The van der Waals surface area contributed by atoms with E-state index in [9.17, 15) is 4.79 Å². The first-order valence-corrected chi connectivity index (χ1v) is 5.51. The number of esters is 1. The number of likely N-dealkylation sites (N-methyl/N-ethyl adjacent to an activating group) is 1. The van der Waals surface area contributed by atoms with Crippen molar-refractivity contribution in [3.63, 3.8) is 0 Å². The van der Waals surface area contributed by atoms with Crippen LogP contribution in [0.25, 0.3) is 4.98 Å². The van der Waals surface area contributed by atoms with Gasteiger partial charge in [-0.15, -0.1) is 0 Å². The summed E-state index contributed by atoms with van der Waals surface area (Å²) in [7, 11) is 0. The van der Waals surface area contributed by atoms with Crippen LogP contribution in [0.3, 0.4) is 0 Å². The SMILES string of the molecule is CCN(CCOC(C)=O)c1ccc([N+]#N)cc1.[Cl-]. The number of hydrogen-bond donors (Lipinski definition) is 0. The molecule has 18 heavy (non-hydrogen) atoms. The summed E-state index contributed by atoms with van der Waals surface area (Å²) in [5.41, 5.74) is 1.52. The van der Waals surface area contributed by atoms with Crippen molar-refractivity contribution in [3.8, 4) is 0 Å². The molecule has 0 aromatic heterocycles. The minimum Gasteiger partial charge on any atom is -1.00 e. The summed E-state index contributed by atoms with van der Waals surface area (Å²) in [6.07, 6.45) is 0. The molecule has 0 N–H and O–H groups in total. The Morgan fingerprint density at radius 1 is 1.39 bits per heavy atom. The average molecular weight is 270 g/mol. The van der Waals surface area contributed by atoms with Crippen molar-refractivity contribution in [1.29, 1.82) is 5.39 Å². The van der Waals surface area contributed by atoms with Gasteiger partial charge >= 0.3 is 11.7 Å². The zero-order valence-corrected chi connectivity index (χ0v) is 11.2. The lowest BCUT2D eigenvalue weighted by atomic mass is 10.2. The third-order valence-corrected chi connectivity index (χ3v) is 2.38. The molecule has 0 fully saturated rings. The molecular weight excluding hydrogens is 254 g/mol. The molecule has 6 heteroatoms. The third-order valence-electron chi connectivity index (χ3n) is 2.38. The lowest BCUT2D eigenvalue weighted by Crippen LogP contribution is -3.00. The highest BCUT2D eigenvalue weighted by Crippen LogP contribution is 2.19. The molecule has 1 aromatic rings. The maximum absolute atomic E-state index is 10.7. The van der Waals surface area contributed by atoms with E-state index in [0.717, 1.165) is 12.2 Å². The molecule has 0 saturated carbocycles. The largest absolute Gasteiger partial charge is 1.00 e. The normalized spacial score (nSPS) is 8.94. The quantitative estimate of drug-likeness (QED) is 0.537. The molecule has 0 atom stereocenters. The Hall–Kier alpha value is -1.80. The zero-order chi connectivity index (χ0) is 12.7. The van der Waals surface area contributed by atoms with Gasteiger partial charge < -0.3 is 22.0 Å². The fourth-order valence-electron chi connectivity index (χ4n) is 1.50. The second-order valence-corrected chi connectivity index (χ2v) is 3.54. The maximum Gasteiger partial charge on any atom is 0.385 e. The predicted molar refractivity (Wildman–Crippen MR) is 65.7 cm³/mol.